The van der Waals surface area contributed by atoms with E-state index in [1.54, 1.807) is 0 Å². The molecule has 2 rings (SSSR count). The lowest BCUT2D eigenvalue weighted by Crippen LogP contribution is -2.19. The molecule has 0 heterocycles. The highest BCUT2D eigenvalue weighted by molar-refractivity contribution is 6.30. The Kier molecular flexibility index (Phi) is 8.73. The number of aliphatic hydroxyl groups is 1. The quantitative estimate of drug-likeness (QED) is 0.324. The molecule has 30 heavy (non-hydrogen) atoms. The molecule has 2 unspecified atom stereocenters. The Hall–Kier alpha value is -2.06. The van der Waals surface area contributed by atoms with Gasteiger partial charge in [-0.1, -0.05) is 77.4 Å². The molecule has 0 radical (unpaired) electrons. The first-order valence-electron chi connectivity index (χ1n) is 11.1. The molecule has 162 valence electrons. The largest absolute Gasteiger partial charge is 0.511 e. The van der Waals surface area contributed by atoms with E-state index in [1.807, 2.05) is 44.2 Å². The molecule has 0 aliphatic rings. The third-order valence-electron chi connectivity index (χ3n) is 6.22. The van der Waals surface area contributed by atoms with Gasteiger partial charge in [0.15, 0.2) is 5.78 Å². The summed E-state index contributed by atoms with van der Waals surface area (Å²) in [5.41, 5.74) is 4.46. The first kappa shape index (κ1) is 24.2. The Bertz CT molecular complexity index is 894. The molecule has 0 bridgehead atoms. The zero-order chi connectivity index (χ0) is 22.4. The molecule has 2 aromatic carbocycles. The number of aryl methyl sites for hydroxylation is 1. The van der Waals surface area contributed by atoms with Crippen molar-refractivity contribution in [3.05, 3.63) is 64.4 Å². The van der Waals surface area contributed by atoms with Gasteiger partial charge in [0.25, 0.3) is 0 Å². The molecule has 2 nitrogen and oxygen atoms in total. The third kappa shape index (κ3) is 5.55. The fraction of sp³-hybridized carbons (Fsp3) is 0.444. The molecule has 2 aromatic rings. The number of hydrogen-bond donors (Lipinski definition) is 1. The lowest BCUT2D eigenvalue weighted by molar-refractivity contribution is -0.113. The van der Waals surface area contributed by atoms with Crippen molar-refractivity contribution in [2.45, 2.75) is 60.8 Å². The minimum absolute atomic E-state index is 0.0146. The number of Topliss-reactive ketones (excluding diaryl/α,β-unsaturated/α-hetero) is 1. The predicted octanol–water partition coefficient (Wildman–Crippen LogP) is 8.14. The molecule has 0 spiro atoms. The second-order valence-electron chi connectivity index (χ2n) is 8.56. The molecule has 1 N–H and O–H groups in total. The van der Waals surface area contributed by atoms with Crippen LogP contribution in [0.4, 0.5) is 0 Å². The highest BCUT2D eigenvalue weighted by Gasteiger charge is 2.27. The Morgan fingerprint density at radius 3 is 2.10 bits per heavy atom. The summed E-state index contributed by atoms with van der Waals surface area (Å²) in [4.78, 5) is 13.2. The van der Waals surface area contributed by atoms with Crippen molar-refractivity contribution in [3.8, 4) is 11.1 Å². The highest BCUT2D eigenvalue weighted by atomic mass is 35.5. The maximum absolute atomic E-state index is 13.2. The first-order valence-corrected chi connectivity index (χ1v) is 11.4. The summed E-state index contributed by atoms with van der Waals surface area (Å²) in [6, 6.07) is 13.9. The van der Waals surface area contributed by atoms with Crippen LogP contribution in [-0.4, -0.2) is 10.9 Å². The molecular weight excluding hydrogens is 392 g/mol. The molecule has 0 saturated heterocycles. The molecule has 0 amide bonds. The number of rotatable bonds is 9. The van der Waals surface area contributed by atoms with E-state index in [-0.39, 0.29) is 23.4 Å². The molecule has 3 heteroatoms. The summed E-state index contributed by atoms with van der Waals surface area (Å²) in [5.74, 6) is 0.817. The maximum atomic E-state index is 13.2. The zero-order valence-corrected chi connectivity index (χ0v) is 19.9. The minimum atomic E-state index is -0.0929. The van der Waals surface area contributed by atoms with E-state index in [9.17, 15) is 9.90 Å². The summed E-state index contributed by atoms with van der Waals surface area (Å²) in [6.45, 7) is 12.5. The van der Waals surface area contributed by atoms with Crippen molar-refractivity contribution in [1.82, 2.24) is 0 Å². The number of aliphatic hydroxyl groups excluding tert-OH is 1. The number of hydrogen-bond acceptors (Lipinski definition) is 2. The average Bonchev–Trinajstić information content (AvgIpc) is 2.73. The fourth-order valence-corrected chi connectivity index (χ4v) is 3.90. The molecule has 0 saturated carbocycles. The van der Waals surface area contributed by atoms with Crippen LogP contribution in [-0.2, 0) is 11.2 Å². The number of carbonyl (C=O) groups excluding carboxylic acids is 1. The Morgan fingerprint density at radius 1 is 0.967 bits per heavy atom. The predicted molar refractivity (Wildman–Crippen MR) is 129 cm³/mol. The van der Waals surface area contributed by atoms with Crippen LogP contribution in [0.15, 0.2) is 48.2 Å². The van der Waals surface area contributed by atoms with Gasteiger partial charge in [-0.05, 0) is 65.1 Å². The van der Waals surface area contributed by atoms with E-state index in [1.165, 1.54) is 0 Å². The van der Waals surface area contributed by atoms with E-state index >= 15 is 0 Å². The molecule has 2 atom stereocenters. The highest BCUT2D eigenvalue weighted by Crippen LogP contribution is 2.35. The normalized spacial score (nSPS) is 14.4. The van der Waals surface area contributed by atoms with Crippen molar-refractivity contribution in [1.29, 1.82) is 0 Å². The van der Waals surface area contributed by atoms with Gasteiger partial charge < -0.3 is 5.11 Å². The van der Waals surface area contributed by atoms with Crippen molar-refractivity contribution < 1.29 is 9.90 Å². The number of carbonyl (C=O) groups is 1. The minimum Gasteiger partial charge on any atom is -0.511 e. The van der Waals surface area contributed by atoms with Gasteiger partial charge in [-0.15, -0.1) is 0 Å². The fourth-order valence-electron chi connectivity index (χ4n) is 3.78. The van der Waals surface area contributed by atoms with Crippen LogP contribution in [0, 0.1) is 17.8 Å². The van der Waals surface area contributed by atoms with Crippen molar-refractivity contribution in [2.24, 2.45) is 17.8 Å². The molecule has 0 aliphatic heterocycles. The summed E-state index contributed by atoms with van der Waals surface area (Å²) < 4.78 is 0. The second kappa shape index (κ2) is 10.8. The standard InChI is InChI=1S/C27H35ClO2/c1-7-9-25(29)26(27(30)19(6)18(5)17(3)4)24-16-22(11-10-20(24)8-2)21-12-14-23(28)15-13-21/h10-19,30H,7-9H2,1-6H3. The second-order valence-corrected chi connectivity index (χ2v) is 8.99. The van der Waals surface area contributed by atoms with Gasteiger partial charge in [0.1, 0.15) is 5.76 Å². The summed E-state index contributed by atoms with van der Waals surface area (Å²) in [5, 5.41) is 12.0. The van der Waals surface area contributed by atoms with Crippen LogP contribution in [0.25, 0.3) is 16.7 Å². The number of ketones is 1. The van der Waals surface area contributed by atoms with E-state index < -0.39 is 0 Å². The lowest BCUT2D eigenvalue weighted by atomic mass is 9.81. The number of benzene rings is 2. The van der Waals surface area contributed by atoms with Crippen LogP contribution in [0.5, 0.6) is 0 Å². The van der Waals surface area contributed by atoms with Gasteiger partial charge >= 0.3 is 0 Å². The van der Waals surface area contributed by atoms with Gasteiger partial charge in [-0.25, -0.2) is 0 Å². The first-order chi connectivity index (χ1) is 14.2. The van der Waals surface area contributed by atoms with Crippen LogP contribution >= 0.6 is 11.6 Å². The van der Waals surface area contributed by atoms with E-state index in [0.717, 1.165) is 35.1 Å². The van der Waals surface area contributed by atoms with Gasteiger partial charge in [-0.2, -0.15) is 0 Å². The molecule has 0 aliphatic carbocycles. The molecular formula is C27H35ClO2. The van der Waals surface area contributed by atoms with Crippen LogP contribution < -0.4 is 0 Å². The van der Waals surface area contributed by atoms with Crippen LogP contribution in [0.2, 0.25) is 5.02 Å². The van der Waals surface area contributed by atoms with E-state index in [2.05, 4.69) is 39.8 Å². The van der Waals surface area contributed by atoms with Crippen molar-refractivity contribution in [3.63, 3.8) is 0 Å². The van der Waals surface area contributed by atoms with Crippen molar-refractivity contribution in [2.75, 3.05) is 0 Å². The number of allylic oxidation sites excluding steroid dienone is 2. The summed E-state index contributed by atoms with van der Waals surface area (Å²) in [7, 11) is 0. The zero-order valence-electron chi connectivity index (χ0n) is 19.1. The van der Waals surface area contributed by atoms with Gasteiger partial charge in [0.2, 0.25) is 0 Å². The smallest absolute Gasteiger partial charge is 0.166 e. The SMILES string of the molecule is CCCC(=O)C(=C(O)C(C)C(C)C(C)C)c1cc(-c2ccc(Cl)cc2)ccc1CC. The van der Waals surface area contributed by atoms with E-state index in [0.29, 0.717) is 22.9 Å². The lowest BCUT2D eigenvalue weighted by Gasteiger charge is -2.25. The Balaban J connectivity index is 2.70. The number of halogens is 1. The summed E-state index contributed by atoms with van der Waals surface area (Å²) >= 11 is 6.05. The molecule has 0 fully saturated rings. The Morgan fingerprint density at radius 2 is 1.57 bits per heavy atom. The van der Waals surface area contributed by atoms with Crippen molar-refractivity contribution >= 4 is 23.0 Å². The van der Waals surface area contributed by atoms with Gasteiger partial charge in [-0.3, -0.25) is 4.79 Å². The summed E-state index contributed by atoms with van der Waals surface area (Å²) in [6.07, 6.45) is 1.97. The monoisotopic (exact) mass is 426 g/mol. The third-order valence-corrected chi connectivity index (χ3v) is 6.47. The Labute approximate surface area is 187 Å². The van der Waals surface area contributed by atoms with Crippen LogP contribution in [0.1, 0.15) is 65.5 Å². The van der Waals surface area contributed by atoms with Gasteiger partial charge in [0, 0.05) is 17.4 Å². The van der Waals surface area contributed by atoms with E-state index in [4.69, 9.17) is 11.6 Å². The maximum Gasteiger partial charge on any atom is 0.166 e. The topological polar surface area (TPSA) is 37.3 Å². The van der Waals surface area contributed by atoms with Crippen LogP contribution in [0.3, 0.4) is 0 Å². The molecule has 0 aromatic heterocycles. The average molecular weight is 427 g/mol. The van der Waals surface area contributed by atoms with Gasteiger partial charge in [0.05, 0.1) is 5.57 Å².